The zero-order valence-corrected chi connectivity index (χ0v) is 12.7. The number of rotatable bonds is 3. The van der Waals surface area contributed by atoms with Crippen LogP contribution < -0.4 is 0 Å². The van der Waals surface area contributed by atoms with E-state index in [4.69, 9.17) is 9.47 Å². The maximum Gasteiger partial charge on any atom is 0.411 e. The summed E-state index contributed by atoms with van der Waals surface area (Å²) in [7, 11) is 0. The number of fused-ring (bicyclic) bond motifs is 1. The lowest BCUT2D eigenvalue weighted by Crippen LogP contribution is -2.47. The van der Waals surface area contributed by atoms with Gasteiger partial charge in [-0.05, 0) is 33.6 Å². The molecule has 1 N–H and O–H groups in total. The molecule has 7 heteroatoms. The maximum atomic E-state index is 12.1. The summed E-state index contributed by atoms with van der Waals surface area (Å²) in [6.45, 7) is 7.36. The van der Waals surface area contributed by atoms with Crippen LogP contribution in [0.2, 0.25) is 0 Å². The van der Waals surface area contributed by atoms with Crippen LogP contribution in [0.5, 0.6) is 0 Å². The van der Waals surface area contributed by atoms with Gasteiger partial charge < -0.3 is 14.6 Å². The van der Waals surface area contributed by atoms with Crippen molar-refractivity contribution in [2.75, 3.05) is 13.2 Å². The fourth-order valence-corrected chi connectivity index (χ4v) is 2.99. The molecule has 0 radical (unpaired) electrons. The molecule has 1 aliphatic carbocycles. The number of carbonyl (C=O) groups excluding carboxylic acids is 2. The highest BCUT2D eigenvalue weighted by Crippen LogP contribution is 2.56. The van der Waals surface area contributed by atoms with E-state index >= 15 is 0 Å². The van der Waals surface area contributed by atoms with E-state index in [0.717, 1.165) is 0 Å². The lowest BCUT2D eigenvalue weighted by molar-refractivity contribution is -0.147. The minimum Gasteiger partial charge on any atom is -0.480 e. The number of carbonyl (C=O) groups is 3. The molecule has 0 aromatic rings. The molecule has 1 amide bonds. The molecule has 118 valence electrons. The van der Waals surface area contributed by atoms with Gasteiger partial charge in [-0.1, -0.05) is 0 Å². The first-order valence-corrected chi connectivity index (χ1v) is 7.06. The lowest BCUT2D eigenvalue weighted by Gasteiger charge is -2.29. The molecule has 1 heterocycles. The zero-order chi connectivity index (χ0) is 15.9. The van der Waals surface area contributed by atoms with Crippen molar-refractivity contribution in [3.63, 3.8) is 0 Å². The molecule has 2 rings (SSSR count). The van der Waals surface area contributed by atoms with Gasteiger partial charge in [0.1, 0.15) is 11.6 Å². The summed E-state index contributed by atoms with van der Waals surface area (Å²) in [5.41, 5.74) is -0.687. The smallest absolute Gasteiger partial charge is 0.411 e. The fraction of sp³-hybridized carbons (Fsp3) is 0.786. The van der Waals surface area contributed by atoms with Gasteiger partial charge in [-0.3, -0.25) is 9.69 Å². The highest BCUT2D eigenvalue weighted by molar-refractivity contribution is 5.86. The quantitative estimate of drug-likeness (QED) is 0.785. The monoisotopic (exact) mass is 299 g/mol. The number of aliphatic carboxylic acids is 1. The molecule has 0 bridgehead atoms. The number of hydrogen-bond donors (Lipinski definition) is 1. The number of piperidine rings is 1. The standard InChI is InChI=1S/C14H21NO6/c1-5-20-12(18)9-7-6-15(10(8(7)9)11(16)17)13(19)21-14(2,3)4/h7-10H,5-6H2,1-4H3,(H,16,17)/t7?,8-,9-,10+/m1/s1. The first kappa shape index (κ1) is 15.6. The summed E-state index contributed by atoms with van der Waals surface area (Å²) in [5, 5.41) is 9.36. The average Bonchev–Trinajstić information content (AvgIpc) is 2.87. The number of carboxylic acid groups (broad SMARTS) is 1. The molecule has 1 saturated carbocycles. The van der Waals surface area contributed by atoms with Gasteiger partial charge in [-0.2, -0.15) is 0 Å². The van der Waals surface area contributed by atoms with E-state index in [1.807, 2.05) is 0 Å². The van der Waals surface area contributed by atoms with Gasteiger partial charge in [0.25, 0.3) is 0 Å². The van der Waals surface area contributed by atoms with Crippen molar-refractivity contribution >= 4 is 18.0 Å². The van der Waals surface area contributed by atoms with Crippen LogP contribution in [-0.2, 0) is 19.1 Å². The summed E-state index contributed by atoms with van der Waals surface area (Å²) >= 11 is 0. The highest BCUT2D eigenvalue weighted by Gasteiger charge is 2.68. The van der Waals surface area contributed by atoms with Crippen LogP contribution in [0.3, 0.4) is 0 Å². The molecule has 0 aromatic carbocycles. The van der Waals surface area contributed by atoms with E-state index < -0.39 is 29.6 Å². The van der Waals surface area contributed by atoms with Gasteiger partial charge >= 0.3 is 18.0 Å². The molecule has 0 aromatic heterocycles. The van der Waals surface area contributed by atoms with Crippen LogP contribution in [0.1, 0.15) is 27.7 Å². The molecular weight excluding hydrogens is 278 g/mol. The Morgan fingerprint density at radius 1 is 1.29 bits per heavy atom. The Balaban J connectivity index is 2.07. The molecule has 1 aliphatic heterocycles. The van der Waals surface area contributed by atoms with E-state index in [0.29, 0.717) is 0 Å². The number of hydrogen-bond acceptors (Lipinski definition) is 5. The van der Waals surface area contributed by atoms with Crippen molar-refractivity contribution in [1.82, 2.24) is 4.90 Å². The third kappa shape index (κ3) is 2.96. The second kappa shape index (κ2) is 5.20. The van der Waals surface area contributed by atoms with Crippen molar-refractivity contribution in [2.45, 2.75) is 39.3 Å². The zero-order valence-electron chi connectivity index (χ0n) is 12.7. The summed E-state index contributed by atoms with van der Waals surface area (Å²) in [6, 6.07) is -1.01. The third-order valence-corrected chi connectivity index (χ3v) is 3.78. The van der Waals surface area contributed by atoms with Crippen LogP contribution in [-0.4, -0.2) is 52.8 Å². The van der Waals surface area contributed by atoms with Crippen molar-refractivity contribution in [3.8, 4) is 0 Å². The van der Waals surface area contributed by atoms with Crippen molar-refractivity contribution in [3.05, 3.63) is 0 Å². The molecule has 2 aliphatic rings. The first-order chi connectivity index (χ1) is 9.67. The fourth-order valence-electron chi connectivity index (χ4n) is 2.99. The second-order valence-corrected chi connectivity index (χ2v) is 6.43. The first-order valence-electron chi connectivity index (χ1n) is 7.06. The summed E-state index contributed by atoms with van der Waals surface area (Å²) < 4.78 is 10.2. The molecule has 1 saturated heterocycles. The number of likely N-dealkylation sites (tertiary alicyclic amines) is 1. The molecule has 2 fully saturated rings. The Kier molecular flexibility index (Phi) is 3.86. The molecule has 7 nitrogen and oxygen atoms in total. The highest BCUT2D eigenvalue weighted by atomic mass is 16.6. The van der Waals surface area contributed by atoms with Crippen molar-refractivity contribution < 1.29 is 29.0 Å². The van der Waals surface area contributed by atoms with Crippen LogP contribution >= 0.6 is 0 Å². The Bertz CT molecular complexity index is 469. The molecule has 4 atom stereocenters. The molecule has 21 heavy (non-hydrogen) atoms. The minimum absolute atomic E-state index is 0.141. The van der Waals surface area contributed by atoms with Crippen LogP contribution in [0.15, 0.2) is 0 Å². The minimum atomic E-state index is -1.11. The Hall–Kier alpha value is -1.79. The van der Waals surface area contributed by atoms with Gasteiger partial charge in [-0.15, -0.1) is 0 Å². The number of carboxylic acids is 1. The van der Waals surface area contributed by atoms with Crippen LogP contribution in [0.4, 0.5) is 4.79 Å². The Morgan fingerprint density at radius 2 is 1.90 bits per heavy atom. The average molecular weight is 299 g/mol. The van der Waals surface area contributed by atoms with Crippen molar-refractivity contribution in [1.29, 1.82) is 0 Å². The van der Waals surface area contributed by atoms with E-state index in [-0.39, 0.29) is 31.0 Å². The molecule has 1 unspecified atom stereocenters. The predicted octanol–water partition coefficient (Wildman–Crippen LogP) is 1.12. The topological polar surface area (TPSA) is 93.1 Å². The van der Waals surface area contributed by atoms with Gasteiger partial charge in [0.05, 0.1) is 12.5 Å². The predicted molar refractivity (Wildman–Crippen MR) is 71.5 cm³/mol. The van der Waals surface area contributed by atoms with E-state index in [2.05, 4.69) is 0 Å². The largest absolute Gasteiger partial charge is 0.480 e. The second-order valence-electron chi connectivity index (χ2n) is 6.43. The van der Waals surface area contributed by atoms with Gasteiger partial charge in [0.15, 0.2) is 0 Å². The normalized spacial score (nSPS) is 30.6. The van der Waals surface area contributed by atoms with Crippen molar-refractivity contribution in [2.24, 2.45) is 17.8 Å². The van der Waals surface area contributed by atoms with Crippen LogP contribution in [0, 0.1) is 17.8 Å². The third-order valence-electron chi connectivity index (χ3n) is 3.78. The molecule has 0 spiro atoms. The van der Waals surface area contributed by atoms with E-state index in [9.17, 15) is 19.5 Å². The van der Waals surface area contributed by atoms with E-state index in [1.54, 1.807) is 27.7 Å². The number of ether oxygens (including phenoxy) is 2. The number of esters is 1. The molecular formula is C14H21NO6. The summed E-state index contributed by atoms with van der Waals surface area (Å²) in [6.07, 6.45) is -0.648. The van der Waals surface area contributed by atoms with Gasteiger partial charge in [0.2, 0.25) is 0 Å². The van der Waals surface area contributed by atoms with Crippen LogP contribution in [0.25, 0.3) is 0 Å². The lowest BCUT2D eigenvalue weighted by atomic mass is 10.1. The van der Waals surface area contributed by atoms with E-state index in [1.165, 1.54) is 4.90 Å². The van der Waals surface area contributed by atoms with Gasteiger partial charge in [0, 0.05) is 12.5 Å². The SMILES string of the molecule is CCOC(=O)[C@@H]1C2CN(C(=O)OC(C)(C)C)[C@H](C(=O)O)[C@H]21. The Morgan fingerprint density at radius 3 is 2.38 bits per heavy atom. The maximum absolute atomic E-state index is 12.1. The number of amides is 1. The summed E-state index contributed by atoms with van der Waals surface area (Å²) in [4.78, 5) is 36.5. The van der Waals surface area contributed by atoms with Gasteiger partial charge in [-0.25, -0.2) is 9.59 Å². The number of nitrogens with zero attached hydrogens (tertiary/aromatic N) is 1. The Labute approximate surface area is 123 Å². The summed E-state index contributed by atoms with van der Waals surface area (Å²) in [5.74, 6) is -2.40.